The van der Waals surface area contributed by atoms with Crippen LogP contribution in [0.2, 0.25) is 0 Å². The molecule has 0 saturated carbocycles. The van der Waals surface area contributed by atoms with Crippen molar-refractivity contribution in [1.82, 2.24) is 30.5 Å². The van der Waals surface area contributed by atoms with Gasteiger partial charge >= 0.3 is 0 Å². The summed E-state index contributed by atoms with van der Waals surface area (Å²) in [6.45, 7) is 4.35. The maximum absolute atomic E-state index is 14.0. The highest BCUT2D eigenvalue weighted by molar-refractivity contribution is 5.99. The first-order valence-corrected chi connectivity index (χ1v) is 13.8. The molecule has 3 fully saturated rings. The fourth-order valence-electron chi connectivity index (χ4n) is 7.10. The molecule has 0 aliphatic carbocycles. The van der Waals surface area contributed by atoms with E-state index in [9.17, 15) is 19.5 Å². The highest BCUT2D eigenvalue weighted by Gasteiger charge is 2.79. The third-order valence-electron chi connectivity index (χ3n) is 9.04. The zero-order valence-electron chi connectivity index (χ0n) is 22.6. The van der Waals surface area contributed by atoms with Crippen molar-refractivity contribution in [3.05, 3.63) is 60.2 Å². The van der Waals surface area contributed by atoms with E-state index in [1.807, 2.05) is 68.4 Å². The topological polar surface area (TPSA) is 139 Å². The van der Waals surface area contributed by atoms with Gasteiger partial charge in [0.15, 0.2) is 0 Å². The third kappa shape index (κ3) is 3.98. The standard InChI is InChI=1S/C29H34N6O5/c1-18-15-29-23(22(28(18,2)40-29)25(37)30-16-19-9-4-3-5-10-19)27(39)34(13-8-14-36)24(29)26(38)31-17-35-21-12-7-6-11-20(21)32-33-35/h3-7,9-12,18,22-24,36H,8,13-17H2,1-2H3,(H,30,37)(H,31,38)/t18?,22-,23-,24?,28+,29?/m0/s1. The van der Waals surface area contributed by atoms with Crippen LogP contribution in [0.15, 0.2) is 54.6 Å². The zero-order chi connectivity index (χ0) is 28.1. The summed E-state index contributed by atoms with van der Waals surface area (Å²) in [5, 5.41) is 23.8. The number of carbonyl (C=O) groups excluding carboxylic acids is 3. The van der Waals surface area contributed by atoms with Crippen molar-refractivity contribution < 1.29 is 24.2 Å². The number of para-hydroxylation sites is 1. The smallest absolute Gasteiger partial charge is 0.247 e. The molecule has 3 amide bonds. The van der Waals surface area contributed by atoms with Crippen molar-refractivity contribution in [2.75, 3.05) is 13.2 Å². The van der Waals surface area contributed by atoms with E-state index < -0.39 is 29.1 Å². The van der Waals surface area contributed by atoms with E-state index in [1.54, 1.807) is 4.68 Å². The van der Waals surface area contributed by atoms with Gasteiger partial charge in [0.1, 0.15) is 23.8 Å². The number of ether oxygens (including phenoxy) is 1. The van der Waals surface area contributed by atoms with E-state index in [-0.39, 0.29) is 43.5 Å². The molecule has 3 aromatic rings. The number of rotatable bonds is 9. The average Bonchev–Trinajstić information content (AvgIpc) is 3.63. The Bertz CT molecular complexity index is 1440. The van der Waals surface area contributed by atoms with Crippen LogP contribution >= 0.6 is 0 Å². The molecule has 1 spiro atoms. The monoisotopic (exact) mass is 546 g/mol. The molecule has 3 unspecified atom stereocenters. The van der Waals surface area contributed by atoms with Gasteiger partial charge in [-0.2, -0.15) is 0 Å². The Morgan fingerprint density at radius 2 is 1.85 bits per heavy atom. The Balaban J connectivity index is 1.29. The molecule has 4 heterocycles. The van der Waals surface area contributed by atoms with Gasteiger partial charge in [0, 0.05) is 19.7 Å². The number of benzene rings is 2. The number of nitrogens with one attached hydrogen (secondary N) is 2. The van der Waals surface area contributed by atoms with Crippen molar-refractivity contribution in [2.45, 2.75) is 57.1 Å². The first-order valence-electron chi connectivity index (χ1n) is 13.8. The van der Waals surface area contributed by atoms with Crippen molar-refractivity contribution >= 4 is 28.8 Å². The summed E-state index contributed by atoms with van der Waals surface area (Å²) in [6.07, 6.45) is 0.784. The molecule has 3 aliphatic rings. The second-order valence-electron chi connectivity index (χ2n) is 11.3. The van der Waals surface area contributed by atoms with Crippen LogP contribution in [0.25, 0.3) is 11.0 Å². The first kappa shape index (κ1) is 26.4. The van der Waals surface area contributed by atoms with Gasteiger partial charge in [0.25, 0.3) is 0 Å². The molecule has 3 N–H and O–H groups in total. The normalized spacial score (nSPS) is 30.6. The summed E-state index contributed by atoms with van der Waals surface area (Å²) >= 11 is 0. The Hall–Kier alpha value is -3.83. The molecule has 11 nitrogen and oxygen atoms in total. The first-order chi connectivity index (χ1) is 19.3. The Morgan fingerprint density at radius 3 is 2.62 bits per heavy atom. The lowest BCUT2D eigenvalue weighted by atomic mass is 9.62. The Morgan fingerprint density at radius 1 is 1.10 bits per heavy atom. The van der Waals surface area contributed by atoms with Crippen LogP contribution in [0.3, 0.4) is 0 Å². The number of aliphatic hydroxyl groups excluding tert-OH is 1. The lowest BCUT2D eigenvalue weighted by Crippen LogP contribution is -2.56. The van der Waals surface area contributed by atoms with E-state index in [0.717, 1.165) is 11.1 Å². The molecule has 3 aliphatic heterocycles. The summed E-state index contributed by atoms with van der Waals surface area (Å²) in [5.41, 5.74) is 0.384. The minimum Gasteiger partial charge on any atom is -0.396 e. The van der Waals surface area contributed by atoms with Gasteiger partial charge in [-0.05, 0) is 43.4 Å². The lowest BCUT2D eigenvalue weighted by Gasteiger charge is -2.36. The molecule has 0 radical (unpaired) electrons. The molecular formula is C29H34N6O5. The highest BCUT2D eigenvalue weighted by Crippen LogP contribution is 2.65. The summed E-state index contributed by atoms with van der Waals surface area (Å²) < 4.78 is 8.30. The molecule has 6 rings (SSSR count). The van der Waals surface area contributed by atoms with E-state index in [0.29, 0.717) is 24.9 Å². The highest BCUT2D eigenvalue weighted by atomic mass is 16.5. The number of amides is 3. The van der Waals surface area contributed by atoms with Crippen molar-refractivity contribution in [2.24, 2.45) is 17.8 Å². The molecule has 210 valence electrons. The predicted molar refractivity (Wildman–Crippen MR) is 144 cm³/mol. The number of fused-ring (bicyclic) bond motifs is 2. The molecule has 2 bridgehead atoms. The molecule has 3 saturated heterocycles. The van der Waals surface area contributed by atoms with E-state index in [2.05, 4.69) is 20.9 Å². The van der Waals surface area contributed by atoms with E-state index in [4.69, 9.17) is 4.74 Å². The van der Waals surface area contributed by atoms with Gasteiger partial charge in [0.05, 0.1) is 23.0 Å². The molecule has 11 heteroatoms. The van der Waals surface area contributed by atoms with E-state index in [1.165, 1.54) is 4.90 Å². The minimum absolute atomic E-state index is 0.0589. The molecule has 2 aromatic carbocycles. The number of hydrogen-bond donors (Lipinski definition) is 3. The third-order valence-corrected chi connectivity index (χ3v) is 9.04. The van der Waals surface area contributed by atoms with Gasteiger partial charge in [-0.25, -0.2) is 4.68 Å². The SMILES string of the molecule is CC1CC23O[C@@]1(C)[C@H](C(=O)NCc1ccccc1)[C@H]2C(=O)N(CCCO)C3C(=O)NCn1nnc2ccccc21. The van der Waals surface area contributed by atoms with Crippen LogP contribution in [0.1, 0.15) is 32.3 Å². The molecular weight excluding hydrogens is 512 g/mol. The van der Waals surface area contributed by atoms with Gasteiger partial charge in [-0.15, -0.1) is 5.10 Å². The number of hydrogen-bond acceptors (Lipinski definition) is 7. The molecule has 1 aromatic heterocycles. The van der Waals surface area contributed by atoms with Crippen LogP contribution in [0.4, 0.5) is 0 Å². The molecule has 6 atom stereocenters. The van der Waals surface area contributed by atoms with Gasteiger partial charge < -0.3 is 25.4 Å². The average molecular weight is 547 g/mol. The van der Waals surface area contributed by atoms with Crippen LogP contribution in [0, 0.1) is 17.8 Å². The van der Waals surface area contributed by atoms with Crippen molar-refractivity contribution in [3.63, 3.8) is 0 Å². The van der Waals surface area contributed by atoms with Crippen LogP contribution in [-0.2, 0) is 32.3 Å². The van der Waals surface area contributed by atoms with Gasteiger partial charge in [-0.3, -0.25) is 14.4 Å². The summed E-state index contributed by atoms with van der Waals surface area (Å²) in [7, 11) is 0. The molecule has 40 heavy (non-hydrogen) atoms. The fraction of sp³-hybridized carbons (Fsp3) is 0.483. The second kappa shape index (κ2) is 9.97. The van der Waals surface area contributed by atoms with Crippen molar-refractivity contribution in [1.29, 1.82) is 0 Å². The number of carbonyl (C=O) groups is 3. The summed E-state index contributed by atoms with van der Waals surface area (Å²) in [6, 6.07) is 16.1. The number of aliphatic hydroxyl groups is 1. The van der Waals surface area contributed by atoms with Crippen molar-refractivity contribution in [3.8, 4) is 0 Å². The van der Waals surface area contributed by atoms with Gasteiger partial charge in [0.2, 0.25) is 17.7 Å². The zero-order valence-corrected chi connectivity index (χ0v) is 22.6. The summed E-state index contributed by atoms with van der Waals surface area (Å²) in [4.78, 5) is 43.2. The lowest BCUT2D eigenvalue weighted by molar-refractivity contribution is -0.148. The largest absolute Gasteiger partial charge is 0.396 e. The Kier molecular flexibility index (Phi) is 6.58. The van der Waals surface area contributed by atoms with E-state index >= 15 is 0 Å². The number of aromatic nitrogens is 3. The fourth-order valence-corrected chi connectivity index (χ4v) is 7.10. The quantitative estimate of drug-likeness (QED) is 0.367. The van der Waals surface area contributed by atoms with Crippen LogP contribution < -0.4 is 10.6 Å². The van der Waals surface area contributed by atoms with Crippen LogP contribution in [0.5, 0.6) is 0 Å². The van der Waals surface area contributed by atoms with Crippen LogP contribution in [-0.4, -0.2) is 73.1 Å². The minimum atomic E-state index is -1.15. The number of nitrogens with zero attached hydrogens (tertiary/aromatic N) is 4. The number of likely N-dealkylation sites (tertiary alicyclic amines) is 1. The Labute approximate surface area is 231 Å². The second-order valence-corrected chi connectivity index (χ2v) is 11.3. The summed E-state index contributed by atoms with van der Waals surface area (Å²) in [5.74, 6) is -2.52. The predicted octanol–water partition coefficient (Wildman–Crippen LogP) is 1.21. The van der Waals surface area contributed by atoms with Gasteiger partial charge in [-0.1, -0.05) is 54.6 Å². The maximum atomic E-state index is 14.0. The maximum Gasteiger partial charge on any atom is 0.247 e.